The van der Waals surface area contributed by atoms with Crippen molar-refractivity contribution in [1.29, 1.82) is 0 Å². The zero-order valence-corrected chi connectivity index (χ0v) is 7.88. The summed E-state index contributed by atoms with van der Waals surface area (Å²) in [4.78, 5) is 0. The monoisotopic (exact) mass is 177 g/mol. The Bertz CT molecular complexity index is 309. The zero-order valence-electron chi connectivity index (χ0n) is 7.88. The van der Waals surface area contributed by atoms with Crippen LogP contribution in [-0.4, -0.2) is 11.7 Å². The van der Waals surface area contributed by atoms with E-state index in [1.807, 2.05) is 12.1 Å². The van der Waals surface area contributed by atoms with E-state index in [4.69, 9.17) is 0 Å². The average Bonchev–Trinajstić information content (AvgIpc) is 2.25. The van der Waals surface area contributed by atoms with Gasteiger partial charge < -0.3 is 10.4 Å². The largest absolute Gasteiger partial charge is 0.508 e. The van der Waals surface area contributed by atoms with Crippen LogP contribution in [0.4, 0.5) is 5.69 Å². The molecule has 0 saturated heterocycles. The Labute approximate surface area is 78.6 Å². The Morgan fingerprint density at radius 2 is 2.31 bits per heavy atom. The van der Waals surface area contributed by atoms with Crippen molar-refractivity contribution in [2.45, 2.75) is 19.8 Å². The van der Waals surface area contributed by atoms with Crippen molar-refractivity contribution in [3.05, 3.63) is 23.8 Å². The van der Waals surface area contributed by atoms with Crippen molar-refractivity contribution in [3.8, 4) is 5.75 Å². The van der Waals surface area contributed by atoms with Crippen LogP contribution in [0.15, 0.2) is 18.2 Å². The van der Waals surface area contributed by atoms with E-state index < -0.39 is 0 Å². The second-order valence-corrected chi connectivity index (χ2v) is 3.87. The zero-order chi connectivity index (χ0) is 9.26. The fraction of sp³-hybridized carbons (Fsp3) is 0.455. The van der Waals surface area contributed by atoms with Gasteiger partial charge in [-0.15, -0.1) is 0 Å². The quantitative estimate of drug-likeness (QED) is 0.596. The maximum absolute atomic E-state index is 9.34. The molecule has 1 aliphatic rings. The lowest BCUT2D eigenvalue weighted by molar-refractivity contribution is 0.473. The summed E-state index contributed by atoms with van der Waals surface area (Å²) in [7, 11) is 0. The number of phenolic OH excluding ortho intramolecular Hbond substituents is 1. The number of phenols is 1. The van der Waals surface area contributed by atoms with E-state index in [0.717, 1.165) is 13.0 Å². The predicted octanol–water partition coefficient (Wildman–Crippen LogP) is 2.39. The number of hydrogen-bond donors (Lipinski definition) is 2. The average molecular weight is 177 g/mol. The maximum atomic E-state index is 9.34. The molecule has 1 aromatic rings. The summed E-state index contributed by atoms with van der Waals surface area (Å²) in [5.41, 5.74) is 2.42. The van der Waals surface area contributed by atoms with Gasteiger partial charge in [-0.3, -0.25) is 0 Å². The molecular weight excluding hydrogens is 162 g/mol. The highest BCUT2D eigenvalue weighted by Gasteiger charge is 2.12. The van der Waals surface area contributed by atoms with Gasteiger partial charge in [0.05, 0.1) is 0 Å². The molecule has 1 aromatic carbocycles. The molecule has 0 aromatic heterocycles. The normalized spacial score (nSPS) is 21.5. The van der Waals surface area contributed by atoms with Crippen LogP contribution in [0.3, 0.4) is 0 Å². The Balaban J connectivity index is 2.35. The van der Waals surface area contributed by atoms with Gasteiger partial charge in [-0.2, -0.15) is 0 Å². The lowest BCUT2D eigenvalue weighted by atomic mass is 9.99. The van der Waals surface area contributed by atoms with Crippen LogP contribution in [0.5, 0.6) is 5.75 Å². The summed E-state index contributed by atoms with van der Waals surface area (Å²) in [6, 6.07) is 5.56. The smallest absolute Gasteiger partial charge is 0.116 e. The van der Waals surface area contributed by atoms with Crippen LogP contribution < -0.4 is 5.32 Å². The SMILES string of the molecule is CC1CCNc2ccc(O)cc2C1. The molecule has 2 N–H and O–H groups in total. The molecule has 2 nitrogen and oxygen atoms in total. The fourth-order valence-corrected chi connectivity index (χ4v) is 1.85. The van der Waals surface area contributed by atoms with E-state index in [0.29, 0.717) is 11.7 Å². The van der Waals surface area contributed by atoms with Gasteiger partial charge in [0.2, 0.25) is 0 Å². The minimum Gasteiger partial charge on any atom is -0.508 e. The van der Waals surface area contributed by atoms with Crippen molar-refractivity contribution in [1.82, 2.24) is 0 Å². The highest BCUT2D eigenvalue weighted by molar-refractivity contribution is 5.54. The van der Waals surface area contributed by atoms with Gasteiger partial charge in [-0.25, -0.2) is 0 Å². The number of rotatable bonds is 0. The topological polar surface area (TPSA) is 32.3 Å². The minimum absolute atomic E-state index is 0.370. The number of aromatic hydroxyl groups is 1. The van der Waals surface area contributed by atoms with Crippen LogP contribution in [-0.2, 0) is 6.42 Å². The molecule has 0 bridgehead atoms. The van der Waals surface area contributed by atoms with E-state index in [2.05, 4.69) is 12.2 Å². The maximum Gasteiger partial charge on any atom is 0.116 e. The molecule has 0 spiro atoms. The summed E-state index contributed by atoms with van der Waals surface area (Å²) >= 11 is 0. The Morgan fingerprint density at radius 1 is 1.46 bits per heavy atom. The Morgan fingerprint density at radius 3 is 3.15 bits per heavy atom. The van der Waals surface area contributed by atoms with Gasteiger partial charge in [-0.1, -0.05) is 6.92 Å². The number of fused-ring (bicyclic) bond motifs is 1. The third-order valence-electron chi connectivity index (χ3n) is 2.61. The molecule has 1 atom stereocenters. The third kappa shape index (κ3) is 1.77. The lowest BCUT2D eigenvalue weighted by Crippen LogP contribution is -2.01. The lowest BCUT2D eigenvalue weighted by Gasteiger charge is -2.07. The molecular formula is C11H15NO. The molecule has 0 radical (unpaired) electrons. The van der Waals surface area contributed by atoms with Crippen LogP contribution in [0, 0.1) is 5.92 Å². The van der Waals surface area contributed by atoms with E-state index in [1.54, 1.807) is 6.07 Å². The van der Waals surface area contributed by atoms with Gasteiger partial charge in [-0.05, 0) is 42.5 Å². The van der Waals surface area contributed by atoms with Gasteiger partial charge in [0.25, 0.3) is 0 Å². The Kier molecular flexibility index (Phi) is 2.13. The van der Waals surface area contributed by atoms with E-state index in [9.17, 15) is 5.11 Å². The van der Waals surface area contributed by atoms with E-state index in [1.165, 1.54) is 17.7 Å². The minimum atomic E-state index is 0.370. The second-order valence-electron chi connectivity index (χ2n) is 3.87. The first-order valence-corrected chi connectivity index (χ1v) is 4.81. The third-order valence-corrected chi connectivity index (χ3v) is 2.61. The van der Waals surface area contributed by atoms with Crippen LogP contribution in [0.25, 0.3) is 0 Å². The van der Waals surface area contributed by atoms with Crippen molar-refractivity contribution in [3.63, 3.8) is 0 Å². The first-order valence-electron chi connectivity index (χ1n) is 4.81. The fourth-order valence-electron chi connectivity index (χ4n) is 1.85. The first kappa shape index (κ1) is 8.42. The van der Waals surface area contributed by atoms with Gasteiger partial charge in [0.1, 0.15) is 5.75 Å². The molecule has 1 aliphatic heterocycles. The van der Waals surface area contributed by atoms with Crippen LogP contribution in [0.2, 0.25) is 0 Å². The highest BCUT2D eigenvalue weighted by Crippen LogP contribution is 2.27. The van der Waals surface area contributed by atoms with Gasteiger partial charge in [0.15, 0.2) is 0 Å². The molecule has 0 fully saturated rings. The Hall–Kier alpha value is -1.18. The predicted molar refractivity (Wildman–Crippen MR) is 54.1 cm³/mol. The van der Waals surface area contributed by atoms with Crippen molar-refractivity contribution >= 4 is 5.69 Å². The number of nitrogens with one attached hydrogen (secondary N) is 1. The summed E-state index contributed by atoms with van der Waals surface area (Å²) in [5, 5.41) is 12.7. The highest BCUT2D eigenvalue weighted by atomic mass is 16.3. The van der Waals surface area contributed by atoms with Crippen LogP contribution >= 0.6 is 0 Å². The van der Waals surface area contributed by atoms with Gasteiger partial charge in [0, 0.05) is 12.2 Å². The van der Waals surface area contributed by atoms with Crippen molar-refractivity contribution < 1.29 is 5.11 Å². The van der Waals surface area contributed by atoms with E-state index >= 15 is 0 Å². The summed E-state index contributed by atoms with van der Waals surface area (Å²) in [5.74, 6) is 1.07. The van der Waals surface area contributed by atoms with Crippen molar-refractivity contribution in [2.75, 3.05) is 11.9 Å². The molecule has 13 heavy (non-hydrogen) atoms. The molecule has 2 rings (SSSR count). The molecule has 0 aliphatic carbocycles. The second kappa shape index (κ2) is 3.29. The molecule has 1 unspecified atom stereocenters. The molecule has 0 amide bonds. The van der Waals surface area contributed by atoms with Crippen LogP contribution in [0.1, 0.15) is 18.9 Å². The molecule has 2 heteroatoms. The number of benzene rings is 1. The number of anilines is 1. The summed E-state index contributed by atoms with van der Waals surface area (Å²) in [6.07, 6.45) is 2.27. The molecule has 1 heterocycles. The standard InChI is InChI=1S/C11H15NO/c1-8-4-5-12-11-3-2-10(13)7-9(11)6-8/h2-3,7-8,12-13H,4-6H2,1H3. The summed E-state index contributed by atoms with van der Waals surface area (Å²) in [6.45, 7) is 3.29. The first-order chi connectivity index (χ1) is 6.25. The summed E-state index contributed by atoms with van der Waals surface area (Å²) < 4.78 is 0. The number of hydrogen-bond acceptors (Lipinski definition) is 2. The molecule has 70 valence electrons. The van der Waals surface area contributed by atoms with E-state index in [-0.39, 0.29) is 0 Å². The van der Waals surface area contributed by atoms with Gasteiger partial charge >= 0.3 is 0 Å². The van der Waals surface area contributed by atoms with Crippen molar-refractivity contribution in [2.24, 2.45) is 5.92 Å². The molecule has 0 saturated carbocycles.